The van der Waals surface area contributed by atoms with Crippen molar-refractivity contribution in [3.63, 3.8) is 0 Å². The van der Waals surface area contributed by atoms with E-state index in [1.807, 2.05) is 31.3 Å². The Labute approximate surface area is 125 Å². The first kappa shape index (κ1) is 15.5. The van der Waals surface area contributed by atoms with Crippen molar-refractivity contribution in [1.29, 1.82) is 0 Å². The summed E-state index contributed by atoms with van der Waals surface area (Å²) in [6.07, 6.45) is 2.51. The molecule has 0 aliphatic rings. The van der Waals surface area contributed by atoms with Crippen LogP contribution in [0.2, 0.25) is 0 Å². The fourth-order valence-corrected chi connectivity index (χ4v) is 2.38. The highest BCUT2D eigenvalue weighted by Gasteiger charge is 2.12. The number of aromatic nitrogens is 1. The topological polar surface area (TPSA) is 68.4 Å². The third-order valence-electron chi connectivity index (χ3n) is 3.61. The van der Waals surface area contributed by atoms with Gasteiger partial charge in [-0.05, 0) is 66.8 Å². The zero-order valence-corrected chi connectivity index (χ0v) is 12.5. The second-order valence-corrected chi connectivity index (χ2v) is 5.20. The number of hydrogen-bond acceptors (Lipinski definition) is 4. The molecule has 0 aliphatic heterocycles. The normalized spacial score (nSPS) is 12.2. The summed E-state index contributed by atoms with van der Waals surface area (Å²) in [5.74, 6) is 0.879. The second kappa shape index (κ2) is 7.20. The lowest BCUT2D eigenvalue weighted by molar-refractivity contribution is 0.229. The highest BCUT2D eigenvalue weighted by Crippen LogP contribution is 2.28. The predicted octanol–water partition coefficient (Wildman–Crippen LogP) is 2.18. The predicted molar refractivity (Wildman–Crippen MR) is 84.3 cm³/mol. The minimum atomic E-state index is 0.0494. The van der Waals surface area contributed by atoms with Gasteiger partial charge >= 0.3 is 0 Å². The number of pyridine rings is 1. The van der Waals surface area contributed by atoms with Crippen LogP contribution < -0.4 is 10.5 Å². The number of nitrogens with zero attached hydrogens (tertiary/aromatic N) is 1. The average Bonchev–Trinajstić information content (AvgIpc) is 2.52. The summed E-state index contributed by atoms with van der Waals surface area (Å²) >= 11 is 0. The lowest BCUT2D eigenvalue weighted by Gasteiger charge is -2.15. The molecule has 1 atom stereocenters. The van der Waals surface area contributed by atoms with Gasteiger partial charge in [0.15, 0.2) is 0 Å². The first-order valence-corrected chi connectivity index (χ1v) is 7.08. The molecule has 2 aromatic rings. The van der Waals surface area contributed by atoms with Gasteiger partial charge in [-0.1, -0.05) is 6.07 Å². The van der Waals surface area contributed by atoms with E-state index < -0.39 is 0 Å². The molecule has 1 unspecified atom stereocenters. The van der Waals surface area contributed by atoms with E-state index in [1.165, 1.54) is 0 Å². The summed E-state index contributed by atoms with van der Waals surface area (Å²) in [5.41, 5.74) is 9.97. The molecular weight excluding hydrogens is 264 g/mol. The number of aliphatic hydroxyl groups excluding tert-OH is 1. The van der Waals surface area contributed by atoms with Crippen LogP contribution in [0, 0.1) is 12.8 Å². The number of ether oxygens (including phenoxy) is 1. The second-order valence-electron chi connectivity index (χ2n) is 5.20. The summed E-state index contributed by atoms with van der Waals surface area (Å²) in [6, 6.07) is 10.1. The first-order valence-electron chi connectivity index (χ1n) is 7.08. The third-order valence-corrected chi connectivity index (χ3v) is 3.61. The monoisotopic (exact) mass is 286 g/mol. The summed E-state index contributed by atoms with van der Waals surface area (Å²) in [7, 11) is 1.66. The van der Waals surface area contributed by atoms with Crippen molar-refractivity contribution in [3.05, 3.63) is 47.8 Å². The standard InChI is InChI=1S/C17H22N2O2/c1-12-7-15(5-6-19-12)14-3-4-17(21-2)16(9-14)8-13(10-18)11-20/h3-7,9,13,20H,8,10-11,18H2,1-2H3. The van der Waals surface area contributed by atoms with Crippen LogP contribution >= 0.6 is 0 Å². The fraction of sp³-hybridized carbons (Fsp3) is 0.353. The Bertz CT molecular complexity index is 595. The molecule has 1 heterocycles. The van der Waals surface area contributed by atoms with Gasteiger partial charge in [-0.15, -0.1) is 0 Å². The maximum Gasteiger partial charge on any atom is 0.122 e. The van der Waals surface area contributed by atoms with Gasteiger partial charge in [-0.25, -0.2) is 0 Å². The van der Waals surface area contributed by atoms with Crippen LogP contribution in [0.5, 0.6) is 5.75 Å². The fourth-order valence-electron chi connectivity index (χ4n) is 2.38. The van der Waals surface area contributed by atoms with Crippen molar-refractivity contribution in [2.75, 3.05) is 20.3 Å². The molecule has 0 aliphatic carbocycles. The Morgan fingerprint density at radius 1 is 1.24 bits per heavy atom. The Kier molecular flexibility index (Phi) is 5.31. The molecule has 0 saturated heterocycles. The van der Waals surface area contributed by atoms with Gasteiger partial charge in [0.2, 0.25) is 0 Å². The zero-order chi connectivity index (χ0) is 15.2. The summed E-state index contributed by atoms with van der Waals surface area (Å²) in [6.45, 7) is 2.51. The Morgan fingerprint density at radius 2 is 2.00 bits per heavy atom. The maximum absolute atomic E-state index is 9.34. The molecule has 0 saturated carbocycles. The van der Waals surface area contributed by atoms with Crippen LogP contribution in [0.3, 0.4) is 0 Å². The molecule has 2 rings (SSSR count). The van der Waals surface area contributed by atoms with Gasteiger partial charge in [0.05, 0.1) is 7.11 Å². The van der Waals surface area contributed by atoms with Crippen LogP contribution in [0.1, 0.15) is 11.3 Å². The van der Waals surface area contributed by atoms with E-state index in [2.05, 4.69) is 17.1 Å². The molecule has 1 aromatic carbocycles. The number of aryl methyl sites for hydroxylation is 1. The summed E-state index contributed by atoms with van der Waals surface area (Å²) in [4.78, 5) is 4.22. The van der Waals surface area contributed by atoms with Crippen LogP contribution in [0.25, 0.3) is 11.1 Å². The zero-order valence-electron chi connectivity index (χ0n) is 12.5. The molecule has 3 N–H and O–H groups in total. The van der Waals surface area contributed by atoms with E-state index in [-0.39, 0.29) is 12.5 Å². The van der Waals surface area contributed by atoms with Crippen molar-refractivity contribution >= 4 is 0 Å². The molecule has 0 radical (unpaired) electrons. The lowest BCUT2D eigenvalue weighted by Crippen LogP contribution is -2.20. The highest BCUT2D eigenvalue weighted by atomic mass is 16.5. The number of rotatable bonds is 6. The van der Waals surface area contributed by atoms with E-state index in [4.69, 9.17) is 10.5 Å². The van der Waals surface area contributed by atoms with E-state index in [0.717, 1.165) is 28.1 Å². The van der Waals surface area contributed by atoms with Crippen molar-refractivity contribution < 1.29 is 9.84 Å². The molecule has 0 spiro atoms. The van der Waals surface area contributed by atoms with Gasteiger partial charge in [-0.3, -0.25) is 4.98 Å². The van der Waals surface area contributed by atoms with Gasteiger partial charge in [0, 0.05) is 18.5 Å². The molecule has 21 heavy (non-hydrogen) atoms. The van der Waals surface area contributed by atoms with E-state index in [1.54, 1.807) is 7.11 Å². The van der Waals surface area contributed by atoms with Crippen LogP contribution in [0.15, 0.2) is 36.5 Å². The largest absolute Gasteiger partial charge is 0.496 e. The first-order chi connectivity index (χ1) is 10.2. The highest BCUT2D eigenvalue weighted by molar-refractivity contribution is 5.65. The third kappa shape index (κ3) is 3.80. The molecule has 112 valence electrons. The Morgan fingerprint density at radius 3 is 2.62 bits per heavy atom. The summed E-state index contributed by atoms with van der Waals surface area (Å²) in [5, 5.41) is 9.34. The number of aliphatic hydroxyl groups is 1. The van der Waals surface area contributed by atoms with Crippen LogP contribution in [0.4, 0.5) is 0 Å². The quantitative estimate of drug-likeness (QED) is 0.854. The number of hydrogen-bond donors (Lipinski definition) is 2. The molecule has 4 nitrogen and oxygen atoms in total. The molecule has 0 bridgehead atoms. The average molecular weight is 286 g/mol. The molecular formula is C17H22N2O2. The Balaban J connectivity index is 2.37. The maximum atomic E-state index is 9.34. The van der Waals surface area contributed by atoms with Crippen LogP contribution in [-0.4, -0.2) is 30.4 Å². The van der Waals surface area contributed by atoms with Crippen LogP contribution in [-0.2, 0) is 6.42 Å². The lowest BCUT2D eigenvalue weighted by atomic mass is 9.95. The van der Waals surface area contributed by atoms with Crippen molar-refractivity contribution in [2.24, 2.45) is 11.7 Å². The number of benzene rings is 1. The van der Waals surface area contributed by atoms with Crippen molar-refractivity contribution in [2.45, 2.75) is 13.3 Å². The van der Waals surface area contributed by atoms with Gasteiger partial charge < -0.3 is 15.6 Å². The van der Waals surface area contributed by atoms with Crippen molar-refractivity contribution in [3.8, 4) is 16.9 Å². The number of nitrogens with two attached hydrogens (primary N) is 1. The molecule has 1 aromatic heterocycles. The minimum Gasteiger partial charge on any atom is -0.496 e. The molecule has 0 fully saturated rings. The van der Waals surface area contributed by atoms with Gasteiger partial charge in [-0.2, -0.15) is 0 Å². The minimum absolute atomic E-state index is 0.0494. The van der Waals surface area contributed by atoms with Gasteiger partial charge in [0.25, 0.3) is 0 Å². The number of methoxy groups -OCH3 is 1. The van der Waals surface area contributed by atoms with E-state index in [9.17, 15) is 5.11 Å². The molecule has 0 amide bonds. The SMILES string of the molecule is COc1ccc(-c2ccnc(C)c2)cc1CC(CN)CO. The van der Waals surface area contributed by atoms with Gasteiger partial charge in [0.1, 0.15) is 5.75 Å². The smallest absolute Gasteiger partial charge is 0.122 e. The summed E-state index contributed by atoms with van der Waals surface area (Å²) < 4.78 is 5.42. The van der Waals surface area contributed by atoms with E-state index >= 15 is 0 Å². The van der Waals surface area contributed by atoms with Crippen molar-refractivity contribution in [1.82, 2.24) is 4.98 Å². The Hall–Kier alpha value is -1.91. The van der Waals surface area contributed by atoms with E-state index in [0.29, 0.717) is 13.0 Å². The molecule has 4 heteroatoms.